The third kappa shape index (κ3) is 2.63. The second-order valence-corrected chi connectivity index (χ2v) is 5.44. The second-order valence-electron chi connectivity index (χ2n) is 4.68. The number of nitrogens with two attached hydrogens (primary N) is 1. The third-order valence-electron chi connectivity index (χ3n) is 3.35. The molecule has 1 aliphatic heterocycles. The summed E-state index contributed by atoms with van der Waals surface area (Å²) in [5, 5.41) is 20.1. The Morgan fingerprint density at radius 2 is 2.05 bits per heavy atom. The summed E-state index contributed by atoms with van der Waals surface area (Å²) in [5.74, 6) is 0.183. The highest BCUT2D eigenvalue weighted by atomic mass is 31.2. The predicted octanol–water partition coefficient (Wildman–Crippen LogP) is -1.74. The van der Waals surface area contributed by atoms with Crippen molar-refractivity contribution in [1.82, 2.24) is 19.5 Å². The monoisotopic (exact) mass is 331 g/mol. The van der Waals surface area contributed by atoms with E-state index in [1.807, 2.05) is 0 Å². The fourth-order valence-electron chi connectivity index (χ4n) is 2.29. The van der Waals surface area contributed by atoms with E-state index in [-0.39, 0.29) is 12.4 Å². The lowest BCUT2D eigenvalue weighted by molar-refractivity contribution is -0.0485. The Balaban J connectivity index is 1.86. The van der Waals surface area contributed by atoms with Gasteiger partial charge in [-0.2, -0.15) is 0 Å². The SMILES string of the molecule is Nc1ncnc2c1ncn2[C@@H]1O[C@H](COP(O)O)[C@@H](O)[C@H]1O. The van der Waals surface area contributed by atoms with Gasteiger partial charge in [-0.25, -0.2) is 15.0 Å². The molecule has 12 heteroatoms. The number of aliphatic hydroxyl groups excluding tert-OH is 2. The van der Waals surface area contributed by atoms with Crippen molar-refractivity contribution in [3.05, 3.63) is 12.7 Å². The molecule has 11 nitrogen and oxygen atoms in total. The normalized spacial score (nSPS) is 28.8. The minimum atomic E-state index is -2.57. The van der Waals surface area contributed by atoms with Gasteiger partial charge < -0.3 is 35.0 Å². The van der Waals surface area contributed by atoms with Gasteiger partial charge in [0.1, 0.15) is 30.2 Å². The summed E-state index contributed by atoms with van der Waals surface area (Å²) in [4.78, 5) is 29.4. The second kappa shape index (κ2) is 5.97. The van der Waals surface area contributed by atoms with Crippen LogP contribution in [0.15, 0.2) is 12.7 Å². The molecule has 4 atom stereocenters. The number of nitrogens with zero attached hydrogens (tertiary/aromatic N) is 4. The van der Waals surface area contributed by atoms with Crippen LogP contribution in [0, 0.1) is 0 Å². The smallest absolute Gasteiger partial charge is 0.327 e. The van der Waals surface area contributed by atoms with Gasteiger partial charge in [-0.3, -0.25) is 4.57 Å². The number of ether oxygens (including phenoxy) is 1. The minimum Gasteiger partial charge on any atom is -0.387 e. The summed E-state index contributed by atoms with van der Waals surface area (Å²) < 4.78 is 11.6. The number of anilines is 1. The van der Waals surface area contributed by atoms with Crippen molar-refractivity contribution in [3.63, 3.8) is 0 Å². The lowest BCUT2D eigenvalue weighted by Gasteiger charge is -2.16. The Hall–Kier alpha value is -1.46. The fourth-order valence-corrected chi connectivity index (χ4v) is 2.57. The van der Waals surface area contributed by atoms with E-state index in [1.165, 1.54) is 17.2 Å². The van der Waals surface area contributed by atoms with Crippen molar-refractivity contribution in [1.29, 1.82) is 0 Å². The van der Waals surface area contributed by atoms with Crippen LogP contribution < -0.4 is 5.73 Å². The van der Waals surface area contributed by atoms with E-state index in [1.54, 1.807) is 0 Å². The maximum atomic E-state index is 10.1. The molecule has 22 heavy (non-hydrogen) atoms. The van der Waals surface area contributed by atoms with Gasteiger partial charge in [0.05, 0.1) is 12.9 Å². The summed E-state index contributed by atoms with van der Waals surface area (Å²) >= 11 is 0. The zero-order valence-electron chi connectivity index (χ0n) is 11.1. The van der Waals surface area contributed by atoms with Crippen LogP contribution in [0.4, 0.5) is 5.82 Å². The molecule has 1 fully saturated rings. The minimum absolute atomic E-state index is 0.183. The molecule has 6 N–H and O–H groups in total. The molecule has 0 radical (unpaired) electrons. The number of aromatic nitrogens is 4. The molecule has 0 amide bonds. The van der Waals surface area contributed by atoms with Gasteiger partial charge in [0.15, 0.2) is 17.7 Å². The van der Waals surface area contributed by atoms with Crippen LogP contribution in [0.1, 0.15) is 6.23 Å². The van der Waals surface area contributed by atoms with E-state index in [2.05, 4.69) is 19.5 Å². The van der Waals surface area contributed by atoms with E-state index >= 15 is 0 Å². The molecule has 0 aromatic carbocycles. The van der Waals surface area contributed by atoms with Crippen LogP contribution in [0.25, 0.3) is 11.2 Å². The molecule has 0 saturated carbocycles. The predicted molar refractivity (Wildman–Crippen MR) is 73.0 cm³/mol. The number of hydrogen-bond donors (Lipinski definition) is 5. The van der Waals surface area contributed by atoms with Gasteiger partial charge in [0, 0.05) is 0 Å². The molecule has 0 bridgehead atoms. The maximum absolute atomic E-state index is 10.1. The summed E-state index contributed by atoms with van der Waals surface area (Å²) in [6.07, 6.45) is -1.82. The molecule has 3 rings (SSSR count). The molecule has 0 spiro atoms. The molecule has 2 aromatic heterocycles. The van der Waals surface area contributed by atoms with E-state index in [0.29, 0.717) is 11.2 Å². The van der Waals surface area contributed by atoms with Crippen molar-refractivity contribution >= 4 is 25.6 Å². The van der Waals surface area contributed by atoms with Gasteiger partial charge in [0.25, 0.3) is 0 Å². The van der Waals surface area contributed by atoms with Crippen molar-refractivity contribution in [3.8, 4) is 0 Å². The van der Waals surface area contributed by atoms with Crippen LogP contribution in [-0.2, 0) is 9.26 Å². The quantitative estimate of drug-likeness (QED) is 0.405. The van der Waals surface area contributed by atoms with Gasteiger partial charge in [-0.1, -0.05) is 0 Å². The number of fused-ring (bicyclic) bond motifs is 1. The first-order valence-corrected chi connectivity index (χ1v) is 7.41. The molecule has 0 aliphatic carbocycles. The summed E-state index contributed by atoms with van der Waals surface area (Å²) in [5.41, 5.74) is 6.38. The number of nitrogen functional groups attached to an aromatic ring is 1. The Morgan fingerprint density at radius 3 is 2.77 bits per heavy atom. The molecule has 1 saturated heterocycles. The summed E-state index contributed by atoms with van der Waals surface area (Å²) in [6, 6.07) is 0. The zero-order valence-corrected chi connectivity index (χ0v) is 12.0. The van der Waals surface area contributed by atoms with Crippen LogP contribution in [0.2, 0.25) is 0 Å². The molecule has 0 unspecified atom stereocenters. The standard InChI is InChI=1S/C10H14N5O6P/c11-8-5-9(13-2-12-8)15(3-14-5)10-7(17)6(16)4(21-10)1-20-22(18)19/h2-4,6-7,10,16-19H,1H2,(H2,11,12,13)/t4-,6-,7-,10-/m1/s1. The third-order valence-corrected chi connectivity index (χ3v) is 3.73. The van der Waals surface area contributed by atoms with Gasteiger partial charge in [-0.15, -0.1) is 0 Å². The number of hydrogen-bond acceptors (Lipinski definition) is 10. The Kier molecular flexibility index (Phi) is 4.19. The lowest BCUT2D eigenvalue weighted by Crippen LogP contribution is -2.33. The molecule has 2 aromatic rings. The fraction of sp³-hybridized carbons (Fsp3) is 0.500. The van der Waals surface area contributed by atoms with Crippen molar-refractivity contribution < 1.29 is 29.3 Å². The molecule has 120 valence electrons. The Labute approximate surface area is 125 Å². The number of rotatable bonds is 4. The largest absolute Gasteiger partial charge is 0.387 e. The maximum Gasteiger partial charge on any atom is 0.327 e. The topological polar surface area (TPSA) is 169 Å². The molecule has 3 heterocycles. The summed E-state index contributed by atoms with van der Waals surface area (Å²) in [7, 11) is -2.57. The average molecular weight is 331 g/mol. The molecular weight excluding hydrogens is 317 g/mol. The van der Waals surface area contributed by atoms with E-state index in [9.17, 15) is 10.2 Å². The Bertz CT molecular complexity index is 668. The highest BCUT2D eigenvalue weighted by Gasteiger charge is 2.44. The van der Waals surface area contributed by atoms with E-state index < -0.39 is 33.1 Å². The zero-order chi connectivity index (χ0) is 15.9. The van der Waals surface area contributed by atoms with Crippen LogP contribution in [0.3, 0.4) is 0 Å². The first-order chi connectivity index (χ1) is 10.5. The first-order valence-electron chi connectivity index (χ1n) is 6.24. The van der Waals surface area contributed by atoms with Crippen LogP contribution >= 0.6 is 8.60 Å². The van der Waals surface area contributed by atoms with E-state index in [0.717, 1.165) is 0 Å². The van der Waals surface area contributed by atoms with Crippen LogP contribution in [0.5, 0.6) is 0 Å². The molecular formula is C10H14N5O6P. The van der Waals surface area contributed by atoms with Crippen molar-refractivity contribution in [2.24, 2.45) is 0 Å². The first kappa shape index (κ1) is 15.4. The highest BCUT2D eigenvalue weighted by molar-refractivity contribution is 7.39. The van der Waals surface area contributed by atoms with Gasteiger partial charge in [0.2, 0.25) is 0 Å². The van der Waals surface area contributed by atoms with Crippen molar-refractivity contribution in [2.75, 3.05) is 12.3 Å². The number of imidazole rings is 1. The average Bonchev–Trinajstić information content (AvgIpc) is 3.01. The van der Waals surface area contributed by atoms with Crippen molar-refractivity contribution in [2.45, 2.75) is 24.5 Å². The van der Waals surface area contributed by atoms with Gasteiger partial charge >= 0.3 is 8.60 Å². The molecule has 1 aliphatic rings. The van der Waals surface area contributed by atoms with Crippen LogP contribution in [-0.4, -0.2) is 64.4 Å². The van der Waals surface area contributed by atoms with Gasteiger partial charge in [-0.05, 0) is 0 Å². The number of aliphatic hydroxyl groups is 2. The summed E-state index contributed by atoms with van der Waals surface area (Å²) in [6.45, 7) is -0.281. The van der Waals surface area contributed by atoms with E-state index in [4.69, 9.17) is 20.3 Å². The highest BCUT2D eigenvalue weighted by Crippen LogP contribution is 2.34. The Morgan fingerprint density at radius 1 is 1.27 bits per heavy atom. The lowest BCUT2D eigenvalue weighted by atomic mass is 10.1.